The van der Waals surface area contributed by atoms with Crippen LogP contribution in [-0.4, -0.2) is 31.6 Å². The molecule has 0 aromatic heterocycles. The number of morpholine rings is 1. The Morgan fingerprint density at radius 2 is 2.41 bits per heavy atom. The van der Waals surface area contributed by atoms with Gasteiger partial charge < -0.3 is 10.1 Å². The average molecular weight is 258 g/mol. The van der Waals surface area contributed by atoms with Gasteiger partial charge in [0, 0.05) is 18.0 Å². The summed E-state index contributed by atoms with van der Waals surface area (Å²) in [6, 6.07) is 3.78. The molecule has 0 saturated carbocycles. The van der Waals surface area contributed by atoms with Crippen LogP contribution in [0.4, 0.5) is 4.39 Å². The molecule has 0 aliphatic carbocycles. The van der Waals surface area contributed by atoms with Crippen molar-refractivity contribution in [2.24, 2.45) is 0 Å². The summed E-state index contributed by atoms with van der Waals surface area (Å²) in [7, 11) is 0. The third-order valence-corrected chi connectivity index (χ3v) is 3.04. The normalized spacial score (nSPS) is 20.2. The molecule has 1 atom stereocenters. The number of ketones is 1. The first-order valence-electron chi connectivity index (χ1n) is 5.44. The number of carbonyl (C=O) groups excluding carboxylic acids is 1. The lowest BCUT2D eigenvalue weighted by molar-refractivity contribution is -0.123. The highest BCUT2D eigenvalue weighted by Crippen LogP contribution is 2.18. The summed E-state index contributed by atoms with van der Waals surface area (Å²) >= 11 is 5.87. The Morgan fingerprint density at radius 3 is 3.06 bits per heavy atom. The summed E-state index contributed by atoms with van der Waals surface area (Å²) in [6.45, 7) is 1.69. The molecule has 0 amide bonds. The van der Waals surface area contributed by atoms with Gasteiger partial charge >= 0.3 is 0 Å². The number of ether oxygens (including phenoxy) is 1. The highest BCUT2D eigenvalue weighted by atomic mass is 35.5. The van der Waals surface area contributed by atoms with Crippen LogP contribution in [0.2, 0.25) is 5.02 Å². The monoisotopic (exact) mass is 257 g/mol. The van der Waals surface area contributed by atoms with E-state index in [-0.39, 0.29) is 23.3 Å². The summed E-state index contributed by atoms with van der Waals surface area (Å²) in [5.41, 5.74) is 0.644. The molecule has 0 spiro atoms. The number of hydrogen-bond acceptors (Lipinski definition) is 3. The molecule has 1 aromatic carbocycles. The quantitative estimate of drug-likeness (QED) is 0.894. The number of rotatable bonds is 3. The summed E-state index contributed by atoms with van der Waals surface area (Å²) in [5, 5.41) is 3.37. The molecule has 1 fully saturated rings. The number of nitrogens with one attached hydrogen (secondary N) is 1. The van der Waals surface area contributed by atoms with Crippen molar-refractivity contribution >= 4 is 17.4 Å². The maximum atomic E-state index is 12.8. The summed E-state index contributed by atoms with van der Waals surface area (Å²) < 4.78 is 18.1. The first-order valence-corrected chi connectivity index (χ1v) is 5.82. The summed E-state index contributed by atoms with van der Waals surface area (Å²) in [5.74, 6) is -0.386. The number of carbonyl (C=O) groups is 1. The van der Waals surface area contributed by atoms with Gasteiger partial charge in [-0.05, 0) is 17.7 Å². The first kappa shape index (κ1) is 12.5. The molecule has 3 nitrogen and oxygen atoms in total. The van der Waals surface area contributed by atoms with Gasteiger partial charge in [-0.2, -0.15) is 0 Å². The van der Waals surface area contributed by atoms with Gasteiger partial charge in [-0.25, -0.2) is 4.39 Å². The molecule has 1 aromatic rings. The zero-order chi connectivity index (χ0) is 12.3. The molecule has 0 radical (unpaired) electrons. The fourth-order valence-electron chi connectivity index (χ4n) is 1.75. The van der Waals surface area contributed by atoms with E-state index in [2.05, 4.69) is 5.32 Å². The minimum absolute atomic E-state index is 0.0122. The maximum absolute atomic E-state index is 12.8. The molecule has 1 heterocycles. The van der Waals surface area contributed by atoms with Crippen LogP contribution in [0, 0.1) is 5.82 Å². The summed E-state index contributed by atoms with van der Waals surface area (Å²) in [4.78, 5) is 11.9. The predicted octanol–water partition coefficient (Wildman–Crippen LogP) is 1.58. The fraction of sp³-hybridized carbons (Fsp3) is 0.417. The molecule has 1 aliphatic heterocycles. The van der Waals surface area contributed by atoms with Gasteiger partial charge in [0.2, 0.25) is 0 Å². The van der Waals surface area contributed by atoms with E-state index in [1.807, 2.05) is 0 Å². The Kier molecular flexibility index (Phi) is 4.10. The average Bonchev–Trinajstić information content (AvgIpc) is 2.34. The number of benzene rings is 1. The molecule has 0 bridgehead atoms. The third-order valence-electron chi connectivity index (χ3n) is 2.69. The van der Waals surface area contributed by atoms with E-state index < -0.39 is 5.82 Å². The van der Waals surface area contributed by atoms with Crippen LogP contribution in [0.25, 0.3) is 0 Å². The largest absolute Gasteiger partial charge is 0.378 e. The SMILES string of the molecule is O=C(Cc1ccc(F)cc1Cl)C1COCCN1. The van der Waals surface area contributed by atoms with Crippen molar-refractivity contribution in [3.63, 3.8) is 0 Å². The van der Waals surface area contributed by atoms with Crippen LogP contribution in [0.15, 0.2) is 18.2 Å². The van der Waals surface area contributed by atoms with E-state index in [1.165, 1.54) is 12.1 Å². The van der Waals surface area contributed by atoms with Crippen molar-refractivity contribution in [1.82, 2.24) is 5.32 Å². The van der Waals surface area contributed by atoms with Crippen molar-refractivity contribution in [2.75, 3.05) is 19.8 Å². The van der Waals surface area contributed by atoms with Crippen molar-refractivity contribution in [1.29, 1.82) is 0 Å². The lowest BCUT2D eigenvalue weighted by Gasteiger charge is -2.22. The molecule has 5 heteroatoms. The van der Waals surface area contributed by atoms with E-state index in [0.717, 1.165) is 0 Å². The van der Waals surface area contributed by atoms with Crippen LogP contribution in [-0.2, 0) is 16.0 Å². The van der Waals surface area contributed by atoms with Gasteiger partial charge in [0.05, 0.1) is 19.3 Å². The zero-order valence-corrected chi connectivity index (χ0v) is 9.97. The van der Waals surface area contributed by atoms with E-state index in [0.29, 0.717) is 25.3 Å². The maximum Gasteiger partial charge on any atom is 0.156 e. The van der Waals surface area contributed by atoms with Gasteiger partial charge in [0.25, 0.3) is 0 Å². The van der Waals surface area contributed by atoms with Gasteiger partial charge in [-0.3, -0.25) is 4.79 Å². The van der Waals surface area contributed by atoms with Crippen molar-refractivity contribution in [2.45, 2.75) is 12.5 Å². The molecule has 1 N–H and O–H groups in total. The van der Waals surface area contributed by atoms with E-state index >= 15 is 0 Å². The minimum atomic E-state index is -0.398. The Balaban J connectivity index is 2.02. The zero-order valence-electron chi connectivity index (χ0n) is 9.21. The Bertz CT molecular complexity index is 419. The summed E-state index contributed by atoms with van der Waals surface area (Å²) in [6.07, 6.45) is 0.195. The predicted molar refractivity (Wildman–Crippen MR) is 62.7 cm³/mol. The highest BCUT2D eigenvalue weighted by molar-refractivity contribution is 6.31. The topological polar surface area (TPSA) is 38.3 Å². The van der Waals surface area contributed by atoms with Crippen LogP contribution in [0.5, 0.6) is 0 Å². The van der Waals surface area contributed by atoms with Crippen LogP contribution >= 0.6 is 11.6 Å². The number of halogens is 2. The van der Waals surface area contributed by atoms with Gasteiger partial charge in [-0.1, -0.05) is 17.7 Å². The molecule has 17 heavy (non-hydrogen) atoms. The molecule has 2 rings (SSSR count). The second-order valence-corrected chi connectivity index (χ2v) is 4.37. The third kappa shape index (κ3) is 3.25. The van der Waals surface area contributed by atoms with Gasteiger partial charge in [0.15, 0.2) is 5.78 Å². The number of hydrogen-bond donors (Lipinski definition) is 1. The van der Waals surface area contributed by atoms with E-state index in [1.54, 1.807) is 6.07 Å². The lowest BCUT2D eigenvalue weighted by Crippen LogP contribution is -2.47. The van der Waals surface area contributed by atoms with Gasteiger partial charge in [-0.15, -0.1) is 0 Å². The minimum Gasteiger partial charge on any atom is -0.378 e. The molecule has 1 saturated heterocycles. The van der Waals surface area contributed by atoms with Crippen molar-refractivity contribution in [3.05, 3.63) is 34.6 Å². The Morgan fingerprint density at radius 1 is 1.59 bits per heavy atom. The lowest BCUT2D eigenvalue weighted by atomic mass is 10.0. The van der Waals surface area contributed by atoms with Crippen LogP contribution in [0.1, 0.15) is 5.56 Å². The fourth-order valence-corrected chi connectivity index (χ4v) is 1.98. The molecular formula is C12H13ClFNO2. The second-order valence-electron chi connectivity index (χ2n) is 3.96. The van der Waals surface area contributed by atoms with Crippen LogP contribution < -0.4 is 5.32 Å². The smallest absolute Gasteiger partial charge is 0.156 e. The Labute approximate surface area is 104 Å². The molecule has 92 valence electrons. The second kappa shape index (κ2) is 5.58. The molecule has 1 unspecified atom stereocenters. The molecule has 1 aliphatic rings. The Hall–Kier alpha value is -0.970. The first-order chi connectivity index (χ1) is 8.16. The standard InChI is InChI=1S/C12H13ClFNO2/c13-10-6-9(14)2-1-8(10)5-12(16)11-7-17-4-3-15-11/h1-2,6,11,15H,3-5,7H2. The van der Waals surface area contributed by atoms with E-state index in [4.69, 9.17) is 16.3 Å². The van der Waals surface area contributed by atoms with Gasteiger partial charge in [0.1, 0.15) is 5.82 Å². The van der Waals surface area contributed by atoms with Crippen molar-refractivity contribution in [3.8, 4) is 0 Å². The van der Waals surface area contributed by atoms with Crippen LogP contribution in [0.3, 0.4) is 0 Å². The molecular weight excluding hydrogens is 245 g/mol. The highest BCUT2D eigenvalue weighted by Gasteiger charge is 2.21. The number of Topliss-reactive ketones (excluding diaryl/α,β-unsaturated/α-hetero) is 1. The van der Waals surface area contributed by atoms with E-state index in [9.17, 15) is 9.18 Å². The van der Waals surface area contributed by atoms with Crippen molar-refractivity contribution < 1.29 is 13.9 Å².